The van der Waals surface area contributed by atoms with Gasteiger partial charge in [0, 0.05) is 29.4 Å². The van der Waals surface area contributed by atoms with E-state index in [0.29, 0.717) is 17.7 Å². The summed E-state index contributed by atoms with van der Waals surface area (Å²) >= 11 is 0. The number of benzene rings is 1. The fraction of sp³-hybridized carbons (Fsp3) is 0.409. The molecule has 142 valence electrons. The van der Waals surface area contributed by atoms with Crippen molar-refractivity contribution in [3.8, 4) is 0 Å². The molecule has 1 aromatic heterocycles. The molecule has 0 aliphatic heterocycles. The van der Waals surface area contributed by atoms with E-state index in [9.17, 15) is 9.59 Å². The van der Waals surface area contributed by atoms with Crippen LogP contribution in [0.3, 0.4) is 0 Å². The monoisotopic (exact) mass is 365 g/mol. The number of aromatic nitrogens is 1. The highest BCUT2D eigenvalue weighted by molar-refractivity contribution is 5.96. The Kier molecular flexibility index (Phi) is 5.89. The van der Waals surface area contributed by atoms with Crippen molar-refractivity contribution in [2.24, 2.45) is 5.73 Å². The zero-order valence-electron chi connectivity index (χ0n) is 15.8. The molecule has 1 aromatic carbocycles. The van der Waals surface area contributed by atoms with E-state index < -0.39 is 11.8 Å². The normalized spacial score (nSPS) is 17.1. The lowest BCUT2D eigenvalue weighted by molar-refractivity contribution is -0.122. The summed E-state index contributed by atoms with van der Waals surface area (Å²) in [6, 6.07) is 13.0. The smallest absolute Gasteiger partial charge is 0.249 e. The number of carbonyl (C=O) groups is 2. The molecular formula is C22H27N3O2. The average molecular weight is 365 g/mol. The highest BCUT2D eigenvalue weighted by atomic mass is 16.2. The van der Waals surface area contributed by atoms with Gasteiger partial charge in [-0.05, 0) is 43.5 Å². The van der Waals surface area contributed by atoms with Crippen LogP contribution in [0.15, 0.2) is 48.7 Å². The molecular weight excluding hydrogens is 338 g/mol. The van der Waals surface area contributed by atoms with Gasteiger partial charge in [0.05, 0.1) is 5.92 Å². The summed E-state index contributed by atoms with van der Waals surface area (Å²) in [5.74, 6) is -1.05. The van der Waals surface area contributed by atoms with Crippen molar-refractivity contribution < 1.29 is 9.59 Å². The lowest BCUT2D eigenvalue weighted by atomic mass is 9.71. The summed E-state index contributed by atoms with van der Waals surface area (Å²) in [5.41, 5.74) is 7.46. The van der Waals surface area contributed by atoms with Crippen LogP contribution in [-0.2, 0) is 10.2 Å². The van der Waals surface area contributed by atoms with Gasteiger partial charge in [-0.15, -0.1) is 0 Å². The van der Waals surface area contributed by atoms with Gasteiger partial charge in [-0.2, -0.15) is 0 Å². The summed E-state index contributed by atoms with van der Waals surface area (Å²) in [6.45, 7) is 2.37. The van der Waals surface area contributed by atoms with Crippen LogP contribution in [0.5, 0.6) is 0 Å². The van der Waals surface area contributed by atoms with Gasteiger partial charge in [0.2, 0.25) is 11.8 Å². The second-order valence-electron chi connectivity index (χ2n) is 7.45. The number of hydrogen-bond donors (Lipinski definition) is 2. The number of rotatable bonds is 6. The first-order chi connectivity index (χ1) is 13.0. The molecule has 3 rings (SSSR count). The van der Waals surface area contributed by atoms with Gasteiger partial charge < -0.3 is 11.1 Å². The standard InChI is InChI=1S/C22H27N3O2/c1-16(17-9-3-4-10-18(17)20(23)26)21(27)25-15-22(12-6-2-7-13-22)19-11-5-8-14-24-19/h3-5,8-11,14,16H,2,6-7,12-13,15H2,1H3,(H2,23,26)(H,25,27). The van der Waals surface area contributed by atoms with E-state index >= 15 is 0 Å². The van der Waals surface area contributed by atoms with E-state index in [1.165, 1.54) is 6.42 Å². The van der Waals surface area contributed by atoms with E-state index in [0.717, 1.165) is 31.4 Å². The fourth-order valence-corrected chi connectivity index (χ4v) is 4.08. The molecule has 5 nitrogen and oxygen atoms in total. The molecule has 1 saturated carbocycles. The first kappa shape index (κ1) is 19.1. The van der Waals surface area contributed by atoms with Gasteiger partial charge in [0.25, 0.3) is 0 Å². The minimum Gasteiger partial charge on any atom is -0.366 e. The molecule has 0 spiro atoms. The number of hydrogen-bond acceptors (Lipinski definition) is 3. The minimum absolute atomic E-state index is 0.0930. The van der Waals surface area contributed by atoms with Crippen LogP contribution in [0.2, 0.25) is 0 Å². The highest BCUT2D eigenvalue weighted by Gasteiger charge is 2.36. The zero-order chi connectivity index (χ0) is 19.3. The highest BCUT2D eigenvalue weighted by Crippen LogP contribution is 2.38. The van der Waals surface area contributed by atoms with Gasteiger partial charge in [0.15, 0.2) is 0 Å². The molecule has 27 heavy (non-hydrogen) atoms. The van der Waals surface area contributed by atoms with Crippen LogP contribution < -0.4 is 11.1 Å². The summed E-state index contributed by atoms with van der Waals surface area (Å²) in [5, 5.41) is 3.13. The number of nitrogens with two attached hydrogens (primary N) is 1. The van der Waals surface area contributed by atoms with Crippen molar-refractivity contribution in [3.05, 3.63) is 65.5 Å². The van der Waals surface area contributed by atoms with E-state index in [4.69, 9.17) is 5.73 Å². The third-order valence-electron chi connectivity index (χ3n) is 5.71. The summed E-state index contributed by atoms with van der Waals surface area (Å²) < 4.78 is 0. The predicted octanol–water partition coefficient (Wildman–Crippen LogP) is 3.30. The molecule has 2 aromatic rings. The Morgan fingerprint density at radius 2 is 1.81 bits per heavy atom. The summed E-state index contributed by atoms with van der Waals surface area (Å²) in [7, 11) is 0. The largest absolute Gasteiger partial charge is 0.366 e. The molecule has 2 amide bonds. The second-order valence-corrected chi connectivity index (χ2v) is 7.45. The average Bonchev–Trinajstić information content (AvgIpc) is 2.72. The predicted molar refractivity (Wildman–Crippen MR) is 105 cm³/mol. The Morgan fingerprint density at radius 1 is 1.11 bits per heavy atom. The van der Waals surface area contributed by atoms with Crippen molar-refractivity contribution in [2.75, 3.05) is 6.54 Å². The Hall–Kier alpha value is -2.69. The van der Waals surface area contributed by atoms with Gasteiger partial charge >= 0.3 is 0 Å². The molecule has 1 unspecified atom stereocenters. The van der Waals surface area contributed by atoms with Gasteiger partial charge in [0.1, 0.15) is 0 Å². The quantitative estimate of drug-likeness (QED) is 0.823. The van der Waals surface area contributed by atoms with Crippen LogP contribution in [-0.4, -0.2) is 23.3 Å². The second kappa shape index (κ2) is 8.33. The maximum Gasteiger partial charge on any atom is 0.249 e. The fourth-order valence-electron chi connectivity index (χ4n) is 4.08. The first-order valence-corrected chi connectivity index (χ1v) is 9.61. The first-order valence-electron chi connectivity index (χ1n) is 9.61. The van der Waals surface area contributed by atoms with E-state index in [-0.39, 0.29) is 11.3 Å². The molecule has 1 heterocycles. The molecule has 5 heteroatoms. The van der Waals surface area contributed by atoms with E-state index in [1.54, 1.807) is 18.2 Å². The summed E-state index contributed by atoms with van der Waals surface area (Å²) in [6.07, 6.45) is 7.39. The van der Waals surface area contributed by atoms with Crippen molar-refractivity contribution in [1.29, 1.82) is 0 Å². The van der Waals surface area contributed by atoms with Crippen molar-refractivity contribution in [3.63, 3.8) is 0 Å². The topological polar surface area (TPSA) is 85.1 Å². The third kappa shape index (κ3) is 4.18. The number of primary amides is 1. The molecule has 1 aliphatic rings. The van der Waals surface area contributed by atoms with Crippen molar-refractivity contribution in [1.82, 2.24) is 10.3 Å². The number of carbonyl (C=O) groups excluding carboxylic acids is 2. The Bertz CT molecular complexity index is 798. The number of nitrogens with one attached hydrogen (secondary N) is 1. The molecule has 1 aliphatic carbocycles. The number of pyridine rings is 1. The van der Waals surface area contributed by atoms with Crippen molar-refractivity contribution in [2.45, 2.75) is 50.4 Å². The number of amides is 2. The molecule has 1 fully saturated rings. The Balaban J connectivity index is 1.76. The molecule has 1 atom stereocenters. The van der Waals surface area contributed by atoms with E-state index in [1.807, 2.05) is 31.3 Å². The molecule has 0 saturated heterocycles. The lowest BCUT2D eigenvalue weighted by Gasteiger charge is -2.37. The zero-order valence-corrected chi connectivity index (χ0v) is 15.8. The maximum absolute atomic E-state index is 12.9. The van der Waals surface area contributed by atoms with E-state index in [2.05, 4.69) is 16.4 Å². The van der Waals surface area contributed by atoms with Gasteiger partial charge in [-0.25, -0.2) is 0 Å². The Labute approximate surface area is 160 Å². The SMILES string of the molecule is CC(C(=O)NCC1(c2ccccn2)CCCCC1)c1ccccc1C(N)=O. The van der Waals surface area contributed by atoms with Gasteiger partial charge in [-0.1, -0.05) is 43.5 Å². The molecule has 3 N–H and O–H groups in total. The maximum atomic E-state index is 12.9. The van der Waals surface area contributed by atoms with Crippen LogP contribution in [0.1, 0.15) is 66.6 Å². The van der Waals surface area contributed by atoms with Crippen molar-refractivity contribution >= 4 is 11.8 Å². The van der Waals surface area contributed by atoms with Gasteiger partial charge in [-0.3, -0.25) is 14.6 Å². The number of nitrogens with zero attached hydrogens (tertiary/aromatic N) is 1. The molecule has 0 radical (unpaired) electrons. The van der Waals surface area contributed by atoms with Crippen LogP contribution in [0.25, 0.3) is 0 Å². The third-order valence-corrected chi connectivity index (χ3v) is 5.71. The minimum atomic E-state index is -0.512. The lowest BCUT2D eigenvalue weighted by Crippen LogP contribution is -2.44. The van der Waals surface area contributed by atoms with Crippen LogP contribution >= 0.6 is 0 Å². The van der Waals surface area contributed by atoms with Crippen LogP contribution in [0, 0.1) is 0 Å². The Morgan fingerprint density at radius 3 is 2.48 bits per heavy atom. The van der Waals surface area contributed by atoms with Crippen LogP contribution in [0.4, 0.5) is 0 Å². The summed E-state index contributed by atoms with van der Waals surface area (Å²) in [4.78, 5) is 29.1. The molecule has 0 bridgehead atoms.